The summed E-state index contributed by atoms with van der Waals surface area (Å²) < 4.78 is 0. The Morgan fingerprint density at radius 1 is 0.964 bits per heavy atom. The lowest BCUT2D eigenvalue weighted by molar-refractivity contribution is 0.0935. The molecule has 1 amide bonds. The normalized spacial score (nSPS) is 12.1. The molecule has 4 nitrogen and oxygen atoms in total. The number of aromatic amines is 1. The van der Waals surface area contributed by atoms with Crippen LogP contribution in [-0.4, -0.2) is 15.9 Å². The van der Waals surface area contributed by atoms with Crippen molar-refractivity contribution < 1.29 is 4.79 Å². The monoisotopic (exact) mass is 369 g/mol. The standard InChI is InChI=1S/C24H23N3O/c1-16-13-20-21(14-17(16)2)26-23(25-20)22(15-18-9-5-3-6-10-18)27-24(28)19-11-7-4-8-12-19/h3-14,22H,15H2,1-2H3,(H,25,26)(H,27,28)/t22-/m1/s1. The summed E-state index contributed by atoms with van der Waals surface area (Å²) in [4.78, 5) is 21.0. The highest BCUT2D eigenvalue weighted by Gasteiger charge is 2.20. The Bertz CT molecular complexity index is 1060. The summed E-state index contributed by atoms with van der Waals surface area (Å²) in [6.45, 7) is 4.18. The molecule has 3 aromatic carbocycles. The number of carbonyl (C=O) groups excluding carboxylic acids is 1. The minimum atomic E-state index is -0.247. The van der Waals surface area contributed by atoms with Crippen LogP contribution in [0.5, 0.6) is 0 Å². The van der Waals surface area contributed by atoms with E-state index >= 15 is 0 Å². The number of hydrogen-bond acceptors (Lipinski definition) is 2. The zero-order chi connectivity index (χ0) is 19.5. The number of carbonyl (C=O) groups is 1. The molecular weight excluding hydrogens is 346 g/mol. The van der Waals surface area contributed by atoms with Crippen LogP contribution in [0.15, 0.2) is 72.8 Å². The van der Waals surface area contributed by atoms with Crippen LogP contribution in [0.3, 0.4) is 0 Å². The van der Waals surface area contributed by atoms with Crippen LogP contribution in [0.2, 0.25) is 0 Å². The number of rotatable bonds is 5. The second-order valence-electron chi connectivity index (χ2n) is 7.16. The minimum absolute atomic E-state index is 0.102. The van der Waals surface area contributed by atoms with Crippen LogP contribution in [0, 0.1) is 13.8 Å². The number of nitrogens with zero attached hydrogens (tertiary/aromatic N) is 1. The smallest absolute Gasteiger partial charge is 0.251 e. The summed E-state index contributed by atoms with van der Waals surface area (Å²) in [5.41, 5.74) is 6.13. The molecule has 0 spiro atoms. The number of fused-ring (bicyclic) bond motifs is 1. The summed E-state index contributed by atoms with van der Waals surface area (Å²) in [5.74, 6) is 0.669. The Morgan fingerprint density at radius 3 is 2.32 bits per heavy atom. The Kier molecular flexibility index (Phi) is 4.94. The molecule has 1 heterocycles. The van der Waals surface area contributed by atoms with Crippen molar-refractivity contribution in [2.75, 3.05) is 0 Å². The number of amides is 1. The van der Waals surface area contributed by atoms with Gasteiger partial charge in [-0.3, -0.25) is 4.79 Å². The van der Waals surface area contributed by atoms with Gasteiger partial charge in [0.05, 0.1) is 17.1 Å². The number of nitrogens with one attached hydrogen (secondary N) is 2. The first-order valence-electron chi connectivity index (χ1n) is 9.47. The maximum atomic E-state index is 12.8. The van der Waals surface area contributed by atoms with Crippen molar-refractivity contribution in [1.82, 2.24) is 15.3 Å². The highest BCUT2D eigenvalue weighted by Crippen LogP contribution is 2.23. The first-order chi connectivity index (χ1) is 13.6. The number of hydrogen-bond donors (Lipinski definition) is 2. The number of aromatic nitrogens is 2. The molecule has 0 aliphatic carbocycles. The van der Waals surface area contributed by atoms with Crippen LogP contribution in [0.1, 0.15) is 38.9 Å². The van der Waals surface area contributed by atoms with Crippen molar-refractivity contribution in [2.24, 2.45) is 0 Å². The highest BCUT2D eigenvalue weighted by atomic mass is 16.1. The van der Waals surface area contributed by atoms with E-state index in [-0.39, 0.29) is 11.9 Å². The third-order valence-corrected chi connectivity index (χ3v) is 5.07. The van der Waals surface area contributed by atoms with Crippen molar-refractivity contribution in [2.45, 2.75) is 26.3 Å². The molecule has 0 saturated heterocycles. The Hall–Kier alpha value is -3.40. The van der Waals surface area contributed by atoms with E-state index in [2.05, 4.69) is 48.4 Å². The summed E-state index contributed by atoms with van der Waals surface area (Å²) in [5, 5.41) is 3.16. The second kappa shape index (κ2) is 7.69. The highest BCUT2D eigenvalue weighted by molar-refractivity contribution is 5.94. The number of aryl methyl sites for hydroxylation is 2. The van der Waals surface area contributed by atoms with Crippen LogP contribution >= 0.6 is 0 Å². The van der Waals surface area contributed by atoms with Gasteiger partial charge >= 0.3 is 0 Å². The lowest BCUT2D eigenvalue weighted by Crippen LogP contribution is -2.30. The van der Waals surface area contributed by atoms with Gasteiger partial charge in [0.15, 0.2) is 0 Å². The molecule has 1 aromatic heterocycles. The number of imidazole rings is 1. The van der Waals surface area contributed by atoms with E-state index in [0.717, 1.165) is 22.4 Å². The Labute approximate surface area is 164 Å². The summed E-state index contributed by atoms with van der Waals surface area (Å²) in [7, 11) is 0. The predicted molar refractivity (Wildman–Crippen MR) is 112 cm³/mol. The van der Waals surface area contributed by atoms with Crippen LogP contribution in [-0.2, 0) is 6.42 Å². The van der Waals surface area contributed by atoms with E-state index in [0.29, 0.717) is 12.0 Å². The van der Waals surface area contributed by atoms with Crippen LogP contribution in [0.4, 0.5) is 0 Å². The van der Waals surface area contributed by atoms with Crippen LogP contribution < -0.4 is 5.32 Å². The molecule has 0 radical (unpaired) electrons. The average Bonchev–Trinajstić information content (AvgIpc) is 3.12. The van der Waals surface area contributed by atoms with E-state index in [1.54, 1.807) is 0 Å². The molecule has 0 aliphatic heterocycles. The average molecular weight is 369 g/mol. The summed E-state index contributed by atoms with van der Waals surface area (Å²) >= 11 is 0. The van der Waals surface area contributed by atoms with Crippen molar-refractivity contribution in [1.29, 1.82) is 0 Å². The molecule has 0 bridgehead atoms. The van der Waals surface area contributed by atoms with Crippen molar-refractivity contribution >= 4 is 16.9 Å². The van der Waals surface area contributed by atoms with Gasteiger partial charge < -0.3 is 10.3 Å². The van der Waals surface area contributed by atoms with E-state index in [9.17, 15) is 4.79 Å². The van der Waals surface area contributed by atoms with Crippen LogP contribution in [0.25, 0.3) is 11.0 Å². The maximum Gasteiger partial charge on any atom is 0.251 e. The third kappa shape index (κ3) is 3.81. The lowest BCUT2D eigenvalue weighted by Gasteiger charge is -2.17. The molecular formula is C24H23N3O. The molecule has 28 heavy (non-hydrogen) atoms. The molecule has 0 saturated carbocycles. The van der Waals surface area contributed by atoms with E-state index in [1.807, 2.05) is 48.5 Å². The lowest BCUT2D eigenvalue weighted by atomic mass is 10.0. The predicted octanol–water partition coefficient (Wildman–Crippen LogP) is 4.89. The van der Waals surface area contributed by atoms with Gasteiger partial charge in [-0.25, -0.2) is 4.98 Å². The van der Waals surface area contributed by atoms with Gasteiger partial charge in [-0.15, -0.1) is 0 Å². The minimum Gasteiger partial charge on any atom is -0.342 e. The fourth-order valence-corrected chi connectivity index (χ4v) is 3.35. The van der Waals surface area contributed by atoms with E-state index in [1.165, 1.54) is 11.1 Å². The number of H-pyrrole nitrogens is 1. The van der Waals surface area contributed by atoms with E-state index < -0.39 is 0 Å². The summed E-state index contributed by atoms with van der Waals surface area (Å²) in [6, 6.07) is 23.4. The van der Waals surface area contributed by atoms with Gasteiger partial charge in [0.25, 0.3) is 5.91 Å². The maximum absolute atomic E-state index is 12.8. The molecule has 2 N–H and O–H groups in total. The van der Waals surface area contributed by atoms with Gasteiger partial charge in [-0.05, 0) is 61.2 Å². The van der Waals surface area contributed by atoms with E-state index in [4.69, 9.17) is 4.98 Å². The molecule has 4 rings (SSSR count). The largest absolute Gasteiger partial charge is 0.342 e. The zero-order valence-corrected chi connectivity index (χ0v) is 16.1. The third-order valence-electron chi connectivity index (χ3n) is 5.07. The molecule has 4 aromatic rings. The molecule has 0 aliphatic rings. The molecule has 4 heteroatoms. The zero-order valence-electron chi connectivity index (χ0n) is 16.1. The van der Waals surface area contributed by atoms with Gasteiger partial charge in [-0.2, -0.15) is 0 Å². The molecule has 0 unspecified atom stereocenters. The molecule has 0 fully saturated rings. The number of benzene rings is 3. The van der Waals surface area contributed by atoms with Crippen molar-refractivity contribution in [3.05, 3.63) is 101 Å². The van der Waals surface area contributed by atoms with Gasteiger partial charge in [0.1, 0.15) is 5.82 Å². The Balaban J connectivity index is 1.69. The van der Waals surface area contributed by atoms with Crippen molar-refractivity contribution in [3.63, 3.8) is 0 Å². The van der Waals surface area contributed by atoms with Gasteiger partial charge in [-0.1, -0.05) is 48.5 Å². The first kappa shape index (κ1) is 18.0. The topological polar surface area (TPSA) is 57.8 Å². The fraction of sp³-hybridized carbons (Fsp3) is 0.167. The van der Waals surface area contributed by atoms with Crippen molar-refractivity contribution in [3.8, 4) is 0 Å². The van der Waals surface area contributed by atoms with Gasteiger partial charge in [0, 0.05) is 5.56 Å². The second-order valence-corrected chi connectivity index (χ2v) is 7.16. The molecule has 140 valence electrons. The fourth-order valence-electron chi connectivity index (χ4n) is 3.35. The van der Waals surface area contributed by atoms with Gasteiger partial charge in [0.2, 0.25) is 0 Å². The quantitative estimate of drug-likeness (QED) is 0.526. The molecule has 1 atom stereocenters. The Morgan fingerprint density at radius 2 is 1.61 bits per heavy atom. The summed E-state index contributed by atoms with van der Waals surface area (Å²) in [6.07, 6.45) is 0.664. The first-order valence-corrected chi connectivity index (χ1v) is 9.47. The SMILES string of the molecule is Cc1cc2nc([C@@H](Cc3ccccc3)NC(=O)c3ccccc3)[nH]c2cc1C.